The molecule has 0 saturated carbocycles. The summed E-state index contributed by atoms with van der Waals surface area (Å²) in [5, 5.41) is 3.83. The summed E-state index contributed by atoms with van der Waals surface area (Å²) in [6.07, 6.45) is 0. The minimum absolute atomic E-state index is 0.198. The zero-order chi connectivity index (χ0) is 7.72. The number of nitrogens with two attached hydrogens (primary N) is 1. The lowest BCUT2D eigenvalue weighted by molar-refractivity contribution is 0.502. The van der Waals surface area contributed by atoms with E-state index >= 15 is 0 Å². The van der Waals surface area contributed by atoms with Crippen molar-refractivity contribution in [1.29, 1.82) is 0 Å². The largest absolute Gasteiger partial charge is 0.323 e. The third-order valence-electron chi connectivity index (χ3n) is 1.31. The van der Waals surface area contributed by atoms with E-state index in [1.54, 1.807) is 14.0 Å². The Bertz CT molecular complexity index is 209. The van der Waals surface area contributed by atoms with Gasteiger partial charge in [-0.2, -0.15) is 9.49 Å². The van der Waals surface area contributed by atoms with E-state index in [9.17, 15) is 4.39 Å². The Labute approximate surface area is 58.6 Å². The standard InChI is InChI=1S/C6H10FN3/c1-4(8)5-3-6(7)10(2)9-5/h3-4H,8H2,1-2H3. The lowest BCUT2D eigenvalue weighted by Crippen LogP contribution is -2.06. The zero-order valence-corrected chi connectivity index (χ0v) is 6.00. The Morgan fingerprint density at radius 2 is 2.40 bits per heavy atom. The second-order valence-electron chi connectivity index (χ2n) is 2.30. The van der Waals surface area contributed by atoms with Crippen LogP contribution in [-0.4, -0.2) is 9.78 Å². The molecule has 1 atom stereocenters. The lowest BCUT2D eigenvalue weighted by atomic mass is 10.3. The third-order valence-corrected chi connectivity index (χ3v) is 1.31. The average molecular weight is 143 g/mol. The molecule has 1 rings (SSSR count). The molecular formula is C6H10FN3. The maximum atomic E-state index is 12.5. The number of nitrogens with zero attached hydrogens (tertiary/aromatic N) is 2. The van der Waals surface area contributed by atoms with Gasteiger partial charge >= 0.3 is 0 Å². The van der Waals surface area contributed by atoms with Crippen molar-refractivity contribution < 1.29 is 4.39 Å². The molecule has 0 bridgehead atoms. The van der Waals surface area contributed by atoms with E-state index in [1.165, 1.54) is 10.7 Å². The molecule has 1 heterocycles. The number of hydrogen-bond acceptors (Lipinski definition) is 2. The summed E-state index contributed by atoms with van der Waals surface area (Å²) >= 11 is 0. The van der Waals surface area contributed by atoms with Gasteiger partial charge in [0.15, 0.2) is 0 Å². The third kappa shape index (κ3) is 1.16. The second-order valence-corrected chi connectivity index (χ2v) is 2.30. The predicted octanol–water partition coefficient (Wildman–Crippen LogP) is 0.579. The SMILES string of the molecule is CC(N)c1cc(F)n(C)n1. The molecule has 0 aliphatic heterocycles. The van der Waals surface area contributed by atoms with E-state index in [4.69, 9.17) is 5.73 Å². The van der Waals surface area contributed by atoms with Crippen LogP contribution in [0.5, 0.6) is 0 Å². The highest BCUT2D eigenvalue weighted by Crippen LogP contribution is 2.07. The highest BCUT2D eigenvalue weighted by Gasteiger charge is 2.06. The molecule has 10 heavy (non-hydrogen) atoms. The molecule has 0 aliphatic carbocycles. The fourth-order valence-corrected chi connectivity index (χ4v) is 0.688. The molecule has 2 N–H and O–H groups in total. The topological polar surface area (TPSA) is 43.8 Å². The van der Waals surface area contributed by atoms with Crippen molar-refractivity contribution in [3.05, 3.63) is 17.7 Å². The summed E-state index contributed by atoms with van der Waals surface area (Å²) in [5.41, 5.74) is 6.04. The van der Waals surface area contributed by atoms with Crippen molar-refractivity contribution in [1.82, 2.24) is 9.78 Å². The van der Waals surface area contributed by atoms with Gasteiger partial charge in [-0.25, -0.2) is 4.68 Å². The average Bonchev–Trinajstić information content (AvgIpc) is 2.13. The van der Waals surface area contributed by atoms with Crippen LogP contribution < -0.4 is 5.73 Å². The van der Waals surface area contributed by atoms with Crippen molar-refractivity contribution in [3.8, 4) is 0 Å². The van der Waals surface area contributed by atoms with E-state index in [0.717, 1.165) is 0 Å². The van der Waals surface area contributed by atoms with E-state index in [0.29, 0.717) is 5.69 Å². The number of aryl methyl sites for hydroxylation is 1. The van der Waals surface area contributed by atoms with Gasteiger partial charge < -0.3 is 5.73 Å². The Morgan fingerprint density at radius 1 is 1.80 bits per heavy atom. The van der Waals surface area contributed by atoms with Gasteiger partial charge in [0.1, 0.15) is 0 Å². The summed E-state index contributed by atoms with van der Waals surface area (Å²) in [4.78, 5) is 0. The molecule has 0 radical (unpaired) electrons. The van der Waals surface area contributed by atoms with Crippen molar-refractivity contribution in [2.75, 3.05) is 0 Å². The minimum atomic E-state index is -0.354. The van der Waals surface area contributed by atoms with Crippen LogP contribution >= 0.6 is 0 Å². The first kappa shape index (κ1) is 7.21. The molecule has 0 amide bonds. The maximum Gasteiger partial charge on any atom is 0.211 e. The molecule has 0 fully saturated rings. The molecule has 0 spiro atoms. The molecule has 56 valence electrons. The second kappa shape index (κ2) is 2.38. The van der Waals surface area contributed by atoms with Crippen LogP contribution in [0.4, 0.5) is 4.39 Å². The Hall–Kier alpha value is -0.900. The van der Waals surface area contributed by atoms with E-state index in [2.05, 4.69) is 5.10 Å². The van der Waals surface area contributed by atoms with Crippen molar-refractivity contribution in [2.45, 2.75) is 13.0 Å². The monoisotopic (exact) mass is 143 g/mol. The highest BCUT2D eigenvalue weighted by atomic mass is 19.1. The molecule has 1 unspecified atom stereocenters. The molecule has 1 aromatic heterocycles. The van der Waals surface area contributed by atoms with Gasteiger partial charge in [0, 0.05) is 19.2 Å². The first-order valence-corrected chi connectivity index (χ1v) is 3.06. The summed E-state index contributed by atoms with van der Waals surface area (Å²) in [6, 6.07) is 1.14. The van der Waals surface area contributed by atoms with Crippen molar-refractivity contribution in [2.24, 2.45) is 12.8 Å². The maximum absolute atomic E-state index is 12.5. The molecule has 3 nitrogen and oxygen atoms in total. The summed E-state index contributed by atoms with van der Waals surface area (Å²) in [5.74, 6) is -0.354. The van der Waals surface area contributed by atoms with E-state index in [1.807, 2.05) is 0 Å². The summed E-state index contributed by atoms with van der Waals surface area (Å²) in [6.45, 7) is 1.77. The first-order valence-electron chi connectivity index (χ1n) is 3.06. The van der Waals surface area contributed by atoms with Gasteiger partial charge in [-0.05, 0) is 6.92 Å². The van der Waals surface area contributed by atoms with Crippen LogP contribution in [0.3, 0.4) is 0 Å². The first-order chi connectivity index (χ1) is 4.61. The molecule has 1 aromatic rings. The lowest BCUT2D eigenvalue weighted by Gasteiger charge is -1.95. The van der Waals surface area contributed by atoms with Gasteiger partial charge in [0.25, 0.3) is 0 Å². The van der Waals surface area contributed by atoms with Gasteiger partial charge in [0.2, 0.25) is 5.95 Å². The molecule has 0 aliphatic rings. The Morgan fingerprint density at radius 3 is 2.60 bits per heavy atom. The van der Waals surface area contributed by atoms with Crippen LogP contribution in [0.25, 0.3) is 0 Å². The smallest absolute Gasteiger partial charge is 0.211 e. The van der Waals surface area contributed by atoms with Gasteiger partial charge in [-0.1, -0.05) is 0 Å². The van der Waals surface area contributed by atoms with Crippen LogP contribution in [0, 0.1) is 5.95 Å². The van der Waals surface area contributed by atoms with Crippen molar-refractivity contribution in [3.63, 3.8) is 0 Å². The zero-order valence-electron chi connectivity index (χ0n) is 6.00. The number of rotatable bonds is 1. The number of halogens is 1. The fourth-order valence-electron chi connectivity index (χ4n) is 0.688. The predicted molar refractivity (Wildman–Crippen MR) is 35.8 cm³/mol. The molecule has 4 heteroatoms. The summed E-state index contributed by atoms with van der Waals surface area (Å²) < 4.78 is 13.7. The normalized spacial score (nSPS) is 13.6. The van der Waals surface area contributed by atoms with Crippen molar-refractivity contribution >= 4 is 0 Å². The molecular weight excluding hydrogens is 133 g/mol. The number of aromatic nitrogens is 2. The molecule has 0 saturated heterocycles. The summed E-state index contributed by atoms with van der Waals surface area (Å²) in [7, 11) is 1.54. The van der Waals surface area contributed by atoms with Crippen LogP contribution in [0.2, 0.25) is 0 Å². The van der Waals surface area contributed by atoms with Gasteiger partial charge in [-0.3, -0.25) is 0 Å². The van der Waals surface area contributed by atoms with E-state index < -0.39 is 0 Å². The highest BCUT2D eigenvalue weighted by molar-refractivity contribution is 5.04. The Balaban J connectivity index is 2.98. The van der Waals surface area contributed by atoms with Crippen LogP contribution in [0.1, 0.15) is 18.7 Å². The van der Waals surface area contributed by atoms with Gasteiger partial charge in [-0.15, -0.1) is 0 Å². The minimum Gasteiger partial charge on any atom is -0.323 e. The number of hydrogen-bond donors (Lipinski definition) is 1. The Kier molecular flexibility index (Phi) is 1.72. The quantitative estimate of drug-likeness (QED) is 0.625. The molecule has 0 aromatic carbocycles. The van der Waals surface area contributed by atoms with Gasteiger partial charge in [0.05, 0.1) is 5.69 Å². The van der Waals surface area contributed by atoms with E-state index in [-0.39, 0.29) is 12.0 Å². The van der Waals surface area contributed by atoms with Crippen LogP contribution in [0.15, 0.2) is 6.07 Å². The fraction of sp³-hybridized carbons (Fsp3) is 0.500. The van der Waals surface area contributed by atoms with Crippen LogP contribution in [-0.2, 0) is 7.05 Å².